The Hall–Kier alpha value is -1.56. The minimum Gasteiger partial charge on any atom is -0.378 e. The van der Waals surface area contributed by atoms with E-state index in [0.717, 1.165) is 4.90 Å². The van der Waals surface area contributed by atoms with Gasteiger partial charge < -0.3 is 10.4 Å². The number of hydrogen-bond acceptors (Lipinski definition) is 3. The van der Waals surface area contributed by atoms with Crippen LogP contribution in [0.25, 0.3) is 0 Å². The quantitative estimate of drug-likeness (QED) is 0.891. The topological polar surface area (TPSA) is 49.3 Å². The molecule has 0 radical (unpaired) electrons. The van der Waals surface area contributed by atoms with Gasteiger partial charge in [-0.3, -0.25) is 4.79 Å². The molecule has 0 fully saturated rings. The molecule has 20 heavy (non-hydrogen) atoms. The summed E-state index contributed by atoms with van der Waals surface area (Å²) in [6.07, 6.45) is -1.31. The first-order valence-electron chi connectivity index (χ1n) is 5.81. The van der Waals surface area contributed by atoms with Gasteiger partial charge in [0.15, 0.2) is 6.10 Å². The van der Waals surface area contributed by atoms with Gasteiger partial charge in [0, 0.05) is 16.1 Å². The van der Waals surface area contributed by atoms with Crippen LogP contribution in [0.15, 0.2) is 46.2 Å². The van der Waals surface area contributed by atoms with Gasteiger partial charge in [0.1, 0.15) is 5.82 Å². The van der Waals surface area contributed by atoms with E-state index >= 15 is 0 Å². The third-order valence-electron chi connectivity index (χ3n) is 2.96. The van der Waals surface area contributed by atoms with E-state index in [1.165, 1.54) is 23.9 Å². The van der Waals surface area contributed by atoms with Crippen molar-refractivity contribution >= 4 is 35.0 Å². The number of carbonyl (C=O) groups is 1. The predicted molar refractivity (Wildman–Crippen MR) is 75.6 cm³/mol. The second kappa shape index (κ2) is 5.09. The van der Waals surface area contributed by atoms with Crippen LogP contribution in [0.3, 0.4) is 0 Å². The lowest BCUT2D eigenvalue weighted by Gasteiger charge is -2.08. The number of fused-ring (bicyclic) bond motifs is 1. The van der Waals surface area contributed by atoms with Crippen molar-refractivity contribution in [2.45, 2.75) is 15.9 Å². The number of aliphatic hydroxyl groups is 1. The first-order chi connectivity index (χ1) is 9.56. The zero-order valence-electron chi connectivity index (χ0n) is 10.1. The van der Waals surface area contributed by atoms with Crippen molar-refractivity contribution in [1.82, 2.24) is 0 Å². The molecule has 0 spiro atoms. The summed E-state index contributed by atoms with van der Waals surface area (Å²) in [5.74, 6) is -1.04. The van der Waals surface area contributed by atoms with Gasteiger partial charge in [-0.05, 0) is 24.3 Å². The Labute approximate surface area is 123 Å². The molecule has 3 nitrogen and oxygen atoms in total. The van der Waals surface area contributed by atoms with Crippen molar-refractivity contribution in [3.63, 3.8) is 0 Å². The molecule has 1 amide bonds. The Morgan fingerprint density at radius 1 is 1.25 bits per heavy atom. The van der Waals surface area contributed by atoms with Crippen molar-refractivity contribution in [2.75, 3.05) is 5.32 Å². The lowest BCUT2D eigenvalue weighted by Crippen LogP contribution is -2.10. The number of hydrogen-bond donors (Lipinski definition) is 2. The Kier molecular flexibility index (Phi) is 3.41. The van der Waals surface area contributed by atoms with Crippen LogP contribution in [0.4, 0.5) is 10.1 Å². The van der Waals surface area contributed by atoms with Crippen LogP contribution in [-0.2, 0) is 4.79 Å². The van der Waals surface area contributed by atoms with Gasteiger partial charge in [0.25, 0.3) is 5.91 Å². The van der Waals surface area contributed by atoms with Crippen molar-refractivity contribution in [3.05, 3.63) is 52.8 Å². The number of carbonyl (C=O) groups excluding carboxylic acids is 1. The van der Waals surface area contributed by atoms with E-state index in [4.69, 9.17) is 11.6 Å². The van der Waals surface area contributed by atoms with E-state index in [0.29, 0.717) is 15.6 Å². The van der Waals surface area contributed by atoms with Crippen LogP contribution in [0.1, 0.15) is 11.7 Å². The standard InChI is InChI=1S/C14H9ClFNO2S/c15-8-3-1-2-4-11(8)20-12-6-10-7(5-9(12)16)13(18)14(19)17-10/h1-6,13,18H,(H,17,19). The molecule has 0 aromatic heterocycles. The molecule has 1 aliphatic rings. The number of halogens is 2. The molecule has 0 saturated heterocycles. The summed E-state index contributed by atoms with van der Waals surface area (Å²) in [4.78, 5) is 12.4. The monoisotopic (exact) mass is 309 g/mol. The maximum atomic E-state index is 14.0. The van der Waals surface area contributed by atoms with Gasteiger partial charge in [-0.2, -0.15) is 0 Å². The third-order valence-corrected chi connectivity index (χ3v) is 4.51. The molecule has 1 heterocycles. The van der Waals surface area contributed by atoms with Gasteiger partial charge in [-0.25, -0.2) is 4.39 Å². The highest BCUT2D eigenvalue weighted by molar-refractivity contribution is 7.99. The first-order valence-corrected chi connectivity index (χ1v) is 7.00. The third kappa shape index (κ3) is 2.28. The Balaban J connectivity index is 1.99. The number of rotatable bonds is 2. The zero-order chi connectivity index (χ0) is 14.3. The number of benzene rings is 2. The second-order valence-corrected chi connectivity index (χ2v) is 5.79. The Morgan fingerprint density at radius 2 is 2.00 bits per heavy atom. The van der Waals surface area contributed by atoms with Gasteiger partial charge in [0.05, 0.1) is 9.92 Å². The molecular weight excluding hydrogens is 301 g/mol. The highest BCUT2D eigenvalue weighted by atomic mass is 35.5. The van der Waals surface area contributed by atoms with E-state index in [1.807, 2.05) is 6.07 Å². The number of anilines is 1. The minimum absolute atomic E-state index is 0.260. The smallest absolute Gasteiger partial charge is 0.257 e. The molecule has 2 aromatic carbocycles. The molecule has 2 N–H and O–H groups in total. The normalized spacial score (nSPS) is 16.9. The highest BCUT2D eigenvalue weighted by Crippen LogP contribution is 2.40. The summed E-state index contributed by atoms with van der Waals surface area (Å²) in [6.45, 7) is 0. The van der Waals surface area contributed by atoms with E-state index < -0.39 is 17.8 Å². The molecular formula is C14H9ClFNO2S. The lowest BCUT2D eigenvalue weighted by molar-refractivity contribution is -0.123. The SMILES string of the molecule is O=C1Nc2cc(Sc3ccccc3Cl)c(F)cc2C1O. The fourth-order valence-electron chi connectivity index (χ4n) is 1.97. The second-order valence-electron chi connectivity index (χ2n) is 4.29. The fourth-order valence-corrected chi connectivity index (χ4v) is 3.10. The van der Waals surface area contributed by atoms with Crippen LogP contribution in [0, 0.1) is 5.82 Å². The van der Waals surface area contributed by atoms with E-state index in [1.54, 1.807) is 18.2 Å². The van der Waals surface area contributed by atoms with Crippen molar-refractivity contribution in [2.24, 2.45) is 0 Å². The van der Waals surface area contributed by atoms with E-state index in [2.05, 4.69) is 5.32 Å². The summed E-state index contributed by atoms with van der Waals surface area (Å²) in [5.41, 5.74) is 0.689. The van der Waals surface area contributed by atoms with Gasteiger partial charge in [-0.15, -0.1) is 0 Å². The van der Waals surface area contributed by atoms with Crippen LogP contribution in [0.2, 0.25) is 5.02 Å². The molecule has 0 saturated carbocycles. The molecule has 2 aromatic rings. The van der Waals surface area contributed by atoms with Crippen molar-refractivity contribution < 1.29 is 14.3 Å². The molecule has 3 rings (SSSR count). The molecule has 1 atom stereocenters. The Morgan fingerprint density at radius 3 is 2.75 bits per heavy atom. The molecule has 0 bridgehead atoms. The largest absolute Gasteiger partial charge is 0.378 e. The minimum atomic E-state index is -1.31. The average molecular weight is 310 g/mol. The summed E-state index contributed by atoms with van der Waals surface area (Å²) in [7, 11) is 0. The van der Waals surface area contributed by atoms with Crippen molar-refractivity contribution in [3.8, 4) is 0 Å². The first kappa shape index (κ1) is 13.4. The summed E-state index contributed by atoms with van der Waals surface area (Å²) in [5, 5.41) is 12.6. The molecule has 1 aliphatic heterocycles. The maximum absolute atomic E-state index is 14.0. The van der Waals surface area contributed by atoms with Crippen LogP contribution in [0.5, 0.6) is 0 Å². The molecule has 6 heteroatoms. The summed E-state index contributed by atoms with van der Waals surface area (Å²) >= 11 is 7.21. The van der Waals surface area contributed by atoms with Gasteiger partial charge >= 0.3 is 0 Å². The number of amides is 1. The number of nitrogens with one attached hydrogen (secondary N) is 1. The van der Waals surface area contributed by atoms with Crippen molar-refractivity contribution in [1.29, 1.82) is 0 Å². The highest BCUT2D eigenvalue weighted by Gasteiger charge is 2.30. The molecule has 1 unspecified atom stereocenters. The Bertz CT molecular complexity index is 708. The van der Waals surface area contributed by atoms with Gasteiger partial charge in [0.2, 0.25) is 0 Å². The summed E-state index contributed by atoms with van der Waals surface area (Å²) < 4.78 is 14.0. The van der Waals surface area contributed by atoms with Gasteiger partial charge in [-0.1, -0.05) is 35.5 Å². The average Bonchev–Trinajstić information content (AvgIpc) is 2.69. The molecule has 102 valence electrons. The summed E-state index contributed by atoms with van der Waals surface area (Å²) in [6, 6.07) is 9.80. The van der Waals surface area contributed by atoms with Crippen LogP contribution < -0.4 is 5.32 Å². The van der Waals surface area contributed by atoms with Crippen LogP contribution in [-0.4, -0.2) is 11.0 Å². The van der Waals surface area contributed by atoms with E-state index in [-0.39, 0.29) is 5.56 Å². The fraction of sp³-hybridized carbons (Fsp3) is 0.0714. The molecule has 0 aliphatic carbocycles. The zero-order valence-corrected chi connectivity index (χ0v) is 11.6. The predicted octanol–water partition coefficient (Wildman–Crippen LogP) is 3.62. The maximum Gasteiger partial charge on any atom is 0.257 e. The van der Waals surface area contributed by atoms with Crippen LogP contribution >= 0.6 is 23.4 Å². The number of aliphatic hydroxyl groups excluding tert-OH is 1. The van der Waals surface area contributed by atoms with E-state index in [9.17, 15) is 14.3 Å². The lowest BCUT2D eigenvalue weighted by atomic mass is 10.1.